The molecule has 2 aromatic heterocycles. The highest BCUT2D eigenvalue weighted by molar-refractivity contribution is 7.99. The predicted octanol–water partition coefficient (Wildman–Crippen LogP) is 5.82. The number of carbonyl (C=O) groups is 1. The molecule has 0 aliphatic heterocycles. The van der Waals surface area contributed by atoms with Crippen LogP contribution in [-0.2, 0) is 6.54 Å². The molecule has 2 heterocycles. The van der Waals surface area contributed by atoms with Crippen LogP contribution in [0.5, 0.6) is 0 Å². The third kappa shape index (κ3) is 4.32. The third-order valence-electron chi connectivity index (χ3n) is 5.42. The van der Waals surface area contributed by atoms with Crippen LogP contribution >= 0.6 is 11.8 Å². The van der Waals surface area contributed by atoms with Crippen LogP contribution in [0.1, 0.15) is 27.3 Å². The van der Waals surface area contributed by atoms with Gasteiger partial charge >= 0.3 is 0 Å². The molecule has 4 aromatic rings. The fourth-order valence-electron chi connectivity index (χ4n) is 3.83. The van der Waals surface area contributed by atoms with Gasteiger partial charge in [-0.15, -0.1) is 16.8 Å². The lowest BCUT2D eigenvalue weighted by Gasteiger charge is -2.10. The van der Waals surface area contributed by atoms with Crippen molar-refractivity contribution in [3.05, 3.63) is 95.8 Å². The zero-order chi connectivity index (χ0) is 22.7. The van der Waals surface area contributed by atoms with E-state index in [0.29, 0.717) is 17.5 Å². The van der Waals surface area contributed by atoms with Gasteiger partial charge in [-0.05, 0) is 39.0 Å². The summed E-state index contributed by atoms with van der Waals surface area (Å²) in [6, 6.07) is 20.2. The van der Waals surface area contributed by atoms with Gasteiger partial charge < -0.3 is 4.57 Å². The van der Waals surface area contributed by atoms with E-state index in [9.17, 15) is 4.79 Å². The third-order valence-corrected chi connectivity index (χ3v) is 6.38. The summed E-state index contributed by atoms with van der Waals surface area (Å²) in [5.74, 6) is 1.15. The summed E-state index contributed by atoms with van der Waals surface area (Å²) in [5, 5.41) is 9.43. The number of allylic oxidation sites excluding steroid dienone is 1. The van der Waals surface area contributed by atoms with Gasteiger partial charge in [0.15, 0.2) is 16.8 Å². The van der Waals surface area contributed by atoms with Crippen LogP contribution in [-0.4, -0.2) is 30.9 Å². The molecule has 0 spiro atoms. The summed E-state index contributed by atoms with van der Waals surface area (Å²) in [6.07, 6.45) is 1.82. The van der Waals surface area contributed by atoms with Crippen molar-refractivity contribution in [1.29, 1.82) is 0 Å². The molecule has 32 heavy (non-hydrogen) atoms. The smallest absolute Gasteiger partial charge is 0.192 e. The fourth-order valence-corrected chi connectivity index (χ4v) is 4.67. The first-order valence-electron chi connectivity index (χ1n) is 10.5. The number of rotatable bonds is 8. The van der Waals surface area contributed by atoms with Crippen molar-refractivity contribution >= 4 is 17.5 Å². The van der Waals surface area contributed by atoms with Crippen molar-refractivity contribution in [3.63, 3.8) is 0 Å². The molecule has 2 aromatic carbocycles. The number of thioether (sulfide) groups is 1. The minimum absolute atomic E-state index is 0.0795. The topological polar surface area (TPSA) is 52.7 Å². The van der Waals surface area contributed by atoms with E-state index in [4.69, 9.17) is 0 Å². The van der Waals surface area contributed by atoms with Crippen molar-refractivity contribution in [1.82, 2.24) is 19.3 Å². The number of aryl methyl sites for hydroxylation is 2. The van der Waals surface area contributed by atoms with Gasteiger partial charge in [0.05, 0.1) is 5.75 Å². The summed E-state index contributed by atoms with van der Waals surface area (Å²) in [5.41, 5.74) is 6.00. The van der Waals surface area contributed by atoms with Crippen LogP contribution in [0.15, 0.2) is 78.5 Å². The zero-order valence-corrected chi connectivity index (χ0v) is 19.4. The van der Waals surface area contributed by atoms with E-state index in [-0.39, 0.29) is 5.78 Å². The predicted molar refractivity (Wildman–Crippen MR) is 131 cm³/mol. The second-order valence-electron chi connectivity index (χ2n) is 7.74. The molecular formula is C26H26N4OS. The molecule has 0 unspecified atom stereocenters. The highest BCUT2D eigenvalue weighted by Gasteiger charge is 2.19. The lowest BCUT2D eigenvalue weighted by molar-refractivity contribution is 0.102. The van der Waals surface area contributed by atoms with Gasteiger partial charge in [0.1, 0.15) is 0 Å². The Morgan fingerprint density at radius 3 is 2.44 bits per heavy atom. The van der Waals surface area contributed by atoms with Crippen LogP contribution in [0.2, 0.25) is 0 Å². The summed E-state index contributed by atoms with van der Waals surface area (Å²) in [4.78, 5) is 13.1. The van der Waals surface area contributed by atoms with Crippen LogP contribution in [0.4, 0.5) is 0 Å². The number of nitrogens with zero attached hydrogens (tertiary/aromatic N) is 4. The Bertz CT molecular complexity index is 1250. The van der Waals surface area contributed by atoms with Gasteiger partial charge in [-0.1, -0.05) is 65.9 Å². The second kappa shape index (κ2) is 9.40. The van der Waals surface area contributed by atoms with E-state index >= 15 is 0 Å². The number of Topliss-reactive ketones (excluding diaryl/α,β-unsaturated/α-hetero) is 1. The van der Waals surface area contributed by atoms with Crippen LogP contribution in [0, 0.1) is 20.8 Å². The first-order chi connectivity index (χ1) is 15.5. The number of hydrogen-bond donors (Lipinski definition) is 0. The van der Waals surface area contributed by atoms with Gasteiger partial charge in [0.2, 0.25) is 0 Å². The maximum absolute atomic E-state index is 13.1. The summed E-state index contributed by atoms with van der Waals surface area (Å²) < 4.78 is 4.13. The van der Waals surface area contributed by atoms with E-state index in [1.165, 1.54) is 17.3 Å². The van der Waals surface area contributed by atoms with Gasteiger partial charge in [-0.3, -0.25) is 9.36 Å². The molecule has 0 radical (unpaired) electrons. The summed E-state index contributed by atoms with van der Waals surface area (Å²) in [6.45, 7) is 10.5. The fraction of sp³-hybridized carbons (Fsp3) is 0.192. The van der Waals surface area contributed by atoms with Crippen LogP contribution in [0.25, 0.3) is 17.1 Å². The Kier molecular flexibility index (Phi) is 6.42. The molecule has 5 nitrogen and oxygen atoms in total. The molecule has 4 rings (SSSR count). The zero-order valence-electron chi connectivity index (χ0n) is 18.6. The highest BCUT2D eigenvalue weighted by atomic mass is 32.2. The normalized spacial score (nSPS) is 11.0. The molecule has 0 aliphatic rings. The van der Waals surface area contributed by atoms with Crippen molar-refractivity contribution in [2.45, 2.75) is 32.5 Å². The first kappa shape index (κ1) is 21.8. The Balaban J connectivity index is 1.56. The van der Waals surface area contributed by atoms with E-state index in [1.54, 1.807) is 0 Å². The average Bonchev–Trinajstić information content (AvgIpc) is 3.34. The van der Waals surface area contributed by atoms with Crippen molar-refractivity contribution < 1.29 is 4.79 Å². The molecule has 6 heteroatoms. The van der Waals surface area contributed by atoms with Crippen molar-refractivity contribution in [2.75, 3.05) is 5.75 Å². The molecule has 162 valence electrons. The van der Waals surface area contributed by atoms with E-state index in [0.717, 1.165) is 34.0 Å². The Morgan fingerprint density at radius 2 is 1.75 bits per heavy atom. The molecule has 0 saturated heterocycles. The average molecular weight is 443 g/mol. The quantitative estimate of drug-likeness (QED) is 0.196. The van der Waals surface area contributed by atoms with E-state index in [2.05, 4.69) is 52.5 Å². The Hall–Kier alpha value is -3.38. The van der Waals surface area contributed by atoms with Gasteiger partial charge in [-0.25, -0.2) is 0 Å². The molecule has 0 N–H and O–H groups in total. The number of aromatic nitrogens is 4. The number of carbonyl (C=O) groups excluding carboxylic acids is 1. The van der Waals surface area contributed by atoms with Crippen LogP contribution in [0.3, 0.4) is 0 Å². The molecular weight excluding hydrogens is 416 g/mol. The SMILES string of the molecule is C=CCn1c(SCC(=O)c2cc(C)n(-c3ccc(C)cc3)c2C)nnc1-c1ccccc1. The molecule has 0 amide bonds. The van der Waals surface area contributed by atoms with Gasteiger partial charge in [0.25, 0.3) is 0 Å². The molecule has 0 bridgehead atoms. The Morgan fingerprint density at radius 1 is 1.03 bits per heavy atom. The monoisotopic (exact) mass is 442 g/mol. The maximum Gasteiger partial charge on any atom is 0.192 e. The summed E-state index contributed by atoms with van der Waals surface area (Å²) in [7, 11) is 0. The molecule has 0 aliphatic carbocycles. The van der Waals surface area contributed by atoms with E-state index < -0.39 is 0 Å². The summed E-state index contributed by atoms with van der Waals surface area (Å²) >= 11 is 1.41. The van der Waals surface area contributed by atoms with Crippen molar-refractivity contribution in [2.24, 2.45) is 0 Å². The number of ketones is 1. The molecule has 0 atom stereocenters. The minimum atomic E-state index is 0.0795. The Labute approximate surface area is 192 Å². The minimum Gasteiger partial charge on any atom is -0.318 e. The first-order valence-corrected chi connectivity index (χ1v) is 11.5. The van der Waals surface area contributed by atoms with Gasteiger partial charge in [-0.2, -0.15) is 0 Å². The lowest BCUT2D eigenvalue weighted by Crippen LogP contribution is -2.07. The van der Waals surface area contributed by atoms with E-state index in [1.807, 2.05) is 60.9 Å². The highest BCUT2D eigenvalue weighted by Crippen LogP contribution is 2.27. The number of hydrogen-bond acceptors (Lipinski definition) is 4. The number of benzene rings is 2. The van der Waals surface area contributed by atoms with Crippen molar-refractivity contribution in [3.8, 4) is 17.1 Å². The second-order valence-corrected chi connectivity index (χ2v) is 8.68. The lowest BCUT2D eigenvalue weighted by atomic mass is 10.2. The standard InChI is InChI=1S/C26H26N4OS/c1-5-15-29-25(21-9-7-6-8-10-21)27-28-26(29)32-17-24(31)23-16-19(3)30(20(23)4)22-13-11-18(2)12-14-22/h5-14,16H,1,15,17H2,2-4H3. The van der Waals surface area contributed by atoms with Gasteiger partial charge in [0, 0.05) is 34.7 Å². The largest absolute Gasteiger partial charge is 0.318 e. The molecule has 0 fully saturated rings. The maximum atomic E-state index is 13.1. The van der Waals surface area contributed by atoms with Crippen LogP contribution < -0.4 is 0 Å². The molecule has 0 saturated carbocycles.